The van der Waals surface area contributed by atoms with Crippen molar-refractivity contribution in [3.63, 3.8) is 0 Å². The molecular formula is C8H6ClN3O3. The molecule has 1 aromatic heterocycles. The van der Waals surface area contributed by atoms with Crippen LogP contribution in [0.25, 0.3) is 0 Å². The molecule has 15 heavy (non-hydrogen) atoms. The van der Waals surface area contributed by atoms with Crippen LogP contribution in [0.5, 0.6) is 0 Å². The number of furan rings is 1. The Bertz CT molecular complexity index is 440. The van der Waals surface area contributed by atoms with Crippen LogP contribution < -0.4 is 5.32 Å². The molecule has 1 aromatic rings. The third-order valence-electron chi connectivity index (χ3n) is 1.69. The summed E-state index contributed by atoms with van der Waals surface area (Å²) in [5.74, 6) is 0.0294. The third-order valence-corrected chi connectivity index (χ3v) is 1.90. The minimum atomic E-state index is -0.547. The standard InChI is InChI=1S/C8H6ClN3O3/c9-6-2-1-5(15-6)3-10-12-4-7(13)11-8(12)14/h1-3H,4H2,(H,11,13,14)/b10-3+. The molecule has 7 heteroatoms. The average molecular weight is 228 g/mol. The van der Waals surface area contributed by atoms with Crippen molar-refractivity contribution < 1.29 is 14.0 Å². The maximum atomic E-state index is 11.0. The lowest BCUT2D eigenvalue weighted by Crippen LogP contribution is -2.24. The Morgan fingerprint density at radius 3 is 2.87 bits per heavy atom. The first-order valence-corrected chi connectivity index (χ1v) is 4.43. The summed E-state index contributed by atoms with van der Waals surface area (Å²) in [5.41, 5.74) is 0. The second-order valence-corrected chi connectivity index (χ2v) is 3.17. The summed E-state index contributed by atoms with van der Waals surface area (Å²) in [7, 11) is 0. The molecule has 78 valence electrons. The van der Waals surface area contributed by atoms with Gasteiger partial charge in [-0.15, -0.1) is 0 Å². The van der Waals surface area contributed by atoms with E-state index in [-0.39, 0.29) is 17.7 Å². The quantitative estimate of drug-likeness (QED) is 0.600. The Kier molecular flexibility index (Phi) is 2.42. The van der Waals surface area contributed by atoms with E-state index in [2.05, 4.69) is 10.4 Å². The molecule has 0 spiro atoms. The van der Waals surface area contributed by atoms with Crippen molar-refractivity contribution in [2.45, 2.75) is 0 Å². The zero-order valence-corrected chi connectivity index (χ0v) is 8.19. The van der Waals surface area contributed by atoms with E-state index in [1.807, 2.05) is 0 Å². The topological polar surface area (TPSA) is 74.9 Å². The summed E-state index contributed by atoms with van der Waals surface area (Å²) >= 11 is 5.53. The Hall–Kier alpha value is -1.82. The van der Waals surface area contributed by atoms with Crippen molar-refractivity contribution in [2.24, 2.45) is 5.10 Å². The van der Waals surface area contributed by atoms with Gasteiger partial charge in [-0.2, -0.15) is 5.10 Å². The van der Waals surface area contributed by atoms with Crippen LogP contribution in [0.15, 0.2) is 21.7 Å². The number of rotatable bonds is 2. The van der Waals surface area contributed by atoms with Crippen LogP contribution in [-0.2, 0) is 4.79 Å². The molecule has 1 fully saturated rings. The number of imide groups is 1. The monoisotopic (exact) mass is 227 g/mol. The van der Waals surface area contributed by atoms with Gasteiger partial charge in [-0.3, -0.25) is 10.1 Å². The van der Waals surface area contributed by atoms with E-state index < -0.39 is 6.03 Å². The number of urea groups is 1. The first-order valence-electron chi connectivity index (χ1n) is 4.06. The molecule has 0 radical (unpaired) electrons. The van der Waals surface area contributed by atoms with Crippen molar-refractivity contribution in [2.75, 3.05) is 6.54 Å². The summed E-state index contributed by atoms with van der Waals surface area (Å²) in [6.07, 6.45) is 1.31. The fourth-order valence-electron chi connectivity index (χ4n) is 1.05. The number of amides is 3. The van der Waals surface area contributed by atoms with Crippen molar-refractivity contribution in [3.05, 3.63) is 23.1 Å². The number of carbonyl (C=O) groups excluding carboxylic acids is 2. The molecule has 2 heterocycles. The molecule has 3 amide bonds. The van der Waals surface area contributed by atoms with Crippen LogP contribution in [0.1, 0.15) is 5.76 Å². The molecule has 0 atom stereocenters. The first kappa shape index (κ1) is 9.72. The van der Waals surface area contributed by atoms with Crippen LogP contribution in [0.2, 0.25) is 5.22 Å². The Morgan fingerprint density at radius 1 is 1.53 bits per heavy atom. The van der Waals surface area contributed by atoms with Gasteiger partial charge in [0.25, 0.3) is 0 Å². The minimum Gasteiger partial charge on any atom is -0.444 e. The molecule has 1 N–H and O–H groups in total. The Balaban J connectivity index is 2.06. The predicted molar refractivity (Wildman–Crippen MR) is 51.6 cm³/mol. The highest BCUT2D eigenvalue weighted by Crippen LogP contribution is 2.11. The van der Waals surface area contributed by atoms with Crippen LogP contribution in [0.4, 0.5) is 4.79 Å². The fraction of sp³-hybridized carbons (Fsp3) is 0.125. The maximum Gasteiger partial charge on any atom is 0.344 e. The van der Waals surface area contributed by atoms with Gasteiger partial charge in [-0.25, -0.2) is 9.80 Å². The predicted octanol–water partition coefficient (Wildman–Crippen LogP) is 0.819. The summed E-state index contributed by atoms with van der Waals surface area (Å²) < 4.78 is 4.98. The summed E-state index contributed by atoms with van der Waals surface area (Å²) in [4.78, 5) is 21.8. The highest BCUT2D eigenvalue weighted by molar-refractivity contribution is 6.28. The van der Waals surface area contributed by atoms with E-state index in [4.69, 9.17) is 16.0 Å². The fourth-order valence-corrected chi connectivity index (χ4v) is 1.20. The van der Waals surface area contributed by atoms with Gasteiger partial charge in [0.15, 0.2) is 5.22 Å². The Labute approximate surface area is 89.5 Å². The van der Waals surface area contributed by atoms with E-state index in [0.717, 1.165) is 5.01 Å². The van der Waals surface area contributed by atoms with Crippen molar-refractivity contribution in [1.82, 2.24) is 10.3 Å². The zero-order chi connectivity index (χ0) is 10.8. The zero-order valence-electron chi connectivity index (χ0n) is 7.44. The van der Waals surface area contributed by atoms with Gasteiger partial charge in [-0.05, 0) is 23.7 Å². The van der Waals surface area contributed by atoms with Gasteiger partial charge in [-0.1, -0.05) is 0 Å². The highest BCUT2D eigenvalue weighted by atomic mass is 35.5. The molecule has 1 aliphatic heterocycles. The smallest absolute Gasteiger partial charge is 0.344 e. The van der Waals surface area contributed by atoms with Gasteiger partial charge in [0, 0.05) is 0 Å². The average Bonchev–Trinajstić information content (AvgIpc) is 2.70. The highest BCUT2D eigenvalue weighted by Gasteiger charge is 2.25. The van der Waals surface area contributed by atoms with E-state index in [9.17, 15) is 9.59 Å². The Morgan fingerprint density at radius 2 is 2.33 bits per heavy atom. The number of carbonyl (C=O) groups is 2. The van der Waals surface area contributed by atoms with Gasteiger partial charge >= 0.3 is 6.03 Å². The van der Waals surface area contributed by atoms with Crippen LogP contribution >= 0.6 is 11.6 Å². The van der Waals surface area contributed by atoms with Crippen LogP contribution in [-0.4, -0.2) is 29.7 Å². The molecule has 0 aromatic carbocycles. The summed E-state index contributed by atoms with van der Waals surface area (Å²) in [6.45, 7) is -0.0796. The lowest BCUT2D eigenvalue weighted by Gasteiger charge is -2.02. The van der Waals surface area contributed by atoms with E-state index in [0.29, 0.717) is 5.76 Å². The van der Waals surface area contributed by atoms with E-state index >= 15 is 0 Å². The normalized spacial score (nSPS) is 16.5. The van der Waals surface area contributed by atoms with Crippen LogP contribution in [0.3, 0.4) is 0 Å². The third kappa shape index (κ3) is 2.16. The molecule has 0 saturated carbocycles. The number of halogens is 1. The van der Waals surface area contributed by atoms with E-state index in [1.54, 1.807) is 12.1 Å². The first-order chi connectivity index (χ1) is 7.15. The number of hydrogen-bond acceptors (Lipinski definition) is 4. The van der Waals surface area contributed by atoms with Gasteiger partial charge in [0.1, 0.15) is 12.3 Å². The van der Waals surface area contributed by atoms with Gasteiger partial charge in [0.2, 0.25) is 5.91 Å². The molecule has 0 bridgehead atoms. The molecule has 0 unspecified atom stereocenters. The number of hydrazone groups is 1. The maximum absolute atomic E-state index is 11.0. The van der Waals surface area contributed by atoms with E-state index in [1.165, 1.54) is 6.21 Å². The van der Waals surface area contributed by atoms with Gasteiger partial charge in [0.05, 0.1) is 6.21 Å². The molecule has 1 saturated heterocycles. The van der Waals surface area contributed by atoms with Crippen LogP contribution in [0, 0.1) is 0 Å². The lowest BCUT2D eigenvalue weighted by molar-refractivity contribution is -0.118. The molecule has 2 rings (SSSR count). The van der Waals surface area contributed by atoms with Crippen molar-refractivity contribution in [3.8, 4) is 0 Å². The second kappa shape index (κ2) is 3.74. The lowest BCUT2D eigenvalue weighted by atomic mass is 10.5. The molecule has 1 aliphatic rings. The molecular weight excluding hydrogens is 222 g/mol. The largest absolute Gasteiger partial charge is 0.444 e. The number of hydrogen-bond donors (Lipinski definition) is 1. The summed E-state index contributed by atoms with van der Waals surface area (Å²) in [6, 6.07) is 2.61. The minimum absolute atomic E-state index is 0.0796. The molecule has 6 nitrogen and oxygen atoms in total. The number of nitrogens with zero attached hydrogens (tertiary/aromatic N) is 2. The van der Waals surface area contributed by atoms with Gasteiger partial charge < -0.3 is 4.42 Å². The SMILES string of the molecule is O=C1CN(/N=C/c2ccc(Cl)o2)C(=O)N1. The molecule has 0 aliphatic carbocycles. The second-order valence-electron chi connectivity index (χ2n) is 2.80. The number of nitrogens with one attached hydrogen (secondary N) is 1. The van der Waals surface area contributed by atoms with Crippen molar-refractivity contribution in [1.29, 1.82) is 0 Å². The van der Waals surface area contributed by atoms with Crippen molar-refractivity contribution >= 4 is 29.8 Å². The summed E-state index contributed by atoms with van der Waals surface area (Å²) in [5, 5.41) is 7.08.